The normalized spacial score (nSPS) is 12.4. The molecule has 0 radical (unpaired) electrons. The summed E-state index contributed by atoms with van der Waals surface area (Å²) in [6.45, 7) is 6.67. The molecule has 0 saturated heterocycles. The Morgan fingerprint density at radius 3 is 2.82 bits per heavy atom. The highest BCUT2D eigenvalue weighted by Crippen LogP contribution is 2.29. The average molecular weight is 395 g/mol. The van der Waals surface area contributed by atoms with Gasteiger partial charge in [0.05, 0.1) is 39.0 Å². The number of carbonyl (C=O) groups is 1. The highest BCUT2D eigenvalue weighted by molar-refractivity contribution is 7.13. The Labute approximate surface area is 167 Å². The van der Waals surface area contributed by atoms with E-state index in [9.17, 15) is 4.79 Å². The molecular formula is C20H22N6OS. The average Bonchev–Trinajstić information content (AvgIpc) is 3.42. The first-order valence-electron chi connectivity index (χ1n) is 9.20. The van der Waals surface area contributed by atoms with Gasteiger partial charge < -0.3 is 5.32 Å². The molecule has 4 heterocycles. The third-order valence-electron chi connectivity index (χ3n) is 4.76. The van der Waals surface area contributed by atoms with Gasteiger partial charge in [-0.1, -0.05) is 6.07 Å². The summed E-state index contributed by atoms with van der Waals surface area (Å²) in [6.07, 6.45) is 1.92. The van der Waals surface area contributed by atoms with Crippen LogP contribution >= 0.6 is 11.3 Å². The molecule has 1 unspecified atom stereocenters. The first kappa shape index (κ1) is 18.4. The maximum atomic E-state index is 13.2. The zero-order valence-electron chi connectivity index (χ0n) is 16.3. The number of carbonyl (C=O) groups excluding carboxylic acids is 1. The molecule has 4 aromatic heterocycles. The molecule has 0 aliphatic heterocycles. The number of rotatable bonds is 5. The molecule has 28 heavy (non-hydrogen) atoms. The number of amides is 1. The lowest BCUT2D eigenvalue weighted by atomic mass is 10.1. The highest BCUT2D eigenvalue weighted by atomic mass is 32.1. The fourth-order valence-electron chi connectivity index (χ4n) is 3.31. The Hall–Kier alpha value is -3.00. The second kappa shape index (κ2) is 7.20. The topological polar surface area (TPSA) is 77.6 Å². The van der Waals surface area contributed by atoms with E-state index in [1.807, 2.05) is 68.3 Å². The van der Waals surface area contributed by atoms with Gasteiger partial charge in [0.25, 0.3) is 5.91 Å². The van der Waals surface area contributed by atoms with Crippen LogP contribution in [0, 0.1) is 6.92 Å². The van der Waals surface area contributed by atoms with Gasteiger partial charge in [-0.3, -0.25) is 14.2 Å². The van der Waals surface area contributed by atoms with Crippen molar-refractivity contribution in [2.24, 2.45) is 7.05 Å². The monoisotopic (exact) mass is 394 g/mol. The number of nitrogens with one attached hydrogen (secondary N) is 1. The molecule has 4 aromatic rings. The predicted molar refractivity (Wildman–Crippen MR) is 110 cm³/mol. The molecule has 7 nitrogen and oxygen atoms in total. The van der Waals surface area contributed by atoms with Gasteiger partial charge in [0.15, 0.2) is 5.65 Å². The van der Waals surface area contributed by atoms with Crippen molar-refractivity contribution < 1.29 is 4.79 Å². The largest absolute Gasteiger partial charge is 0.344 e. The standard InChI is InChI=1S/C20H22N6OS/c1-5-26-9-8-15(24-26)12(2)21-20(27)14-11-16(17-7-6-10-28-17)22-19-18(14)13(3)23-25(19)4/h6-12H,5H2,1-4H3,(H,21,27). The summed E-state index contributed by atoms with van der Waals surface area (Å²) in [5.41, 5.74) is 3.69. The summed E-state index contributed by atoms with van der Waals surface area (Å²) in [6, 6.07) is 7.57. The van der Waals surface area contributed by atoms with Gasteiger partial charge in [-0.15, -0.1) is 11.3 Å². The number of fused-ring (bicyclic) bond motifs is 1. The Morgan fingerprint density at radius 1 is 1.32 bits per heavy atom. The van der Waals surface area contributed by atoms with Crippen molar-refractivity contribution in [2.75, 3.05) is 0 Å². The Kier molecular flexibility index (Phi) is 4.72. The highest BCUT2D eigenvalue weighted by Gasteiger charge is 2.21. The first-order valence-corrected chi connectivity index (χ1v) is 10.1. The van der Waals surface area contributed by atoms with Gasteiger partial charge in [0.1, 0.15) is 0 Å². The Balaban J connectivity index is 1.74. The van der Waals surface area contributed by atoms with Gasteiger partial charge in [0, 0.05) is 19.8 Å². The van der Waals surface area contributed by atoms with Crippen molar-refractivity contribution in [2.45, 2.75) is 33.4 Å². The SMILES string of the molecule is CCn1ccc(C(C)NC(=O)c2cc(-c3cccs3)nc3c2c(C)nn3C)n1. The van der Waals surface area contributed by atoms with Crippen LogP contribution in [0.2, 0.25) is 0 Å². The van der Waals surface area contributed by atoms with E-state index < -0.39 is 0 Å². The molecule has 0 spiro atoms. The maximum absolute atomic E-state index is 13.2. The first-order chi connectivity index (χ1) is 13.5. The van der Waals surface area contributed by atoms with E-state index in [4.69, 9.17) is 4.98 Å². The third-order valence-corrected chi connectivity index (χ3v) is 5.66. The van der Waals surface area contributed by atoms with Crippen LogP contribution in [0.1, 0.15) is 41.6 Å². The minimum absolute atomic E-state index is 0.153. The number of nitrogens with zero attached hydrogens (tertiary/aromatic N) is 5. The van der Waals surface area contributed by atoms with E-state index in [0.717, 1.165) is 33.9 Å². The van der Waals surface area contributed by atoms with Gasteiger partial charge >= 0.3 is 0 Å². The van der Waals surface area contributed by atoms with Gasteiger partial charge in [-0.2, -0.15) is 10.2 Å². The number of aromatic nitrogens is 5. The number of hydrogen-bond donors (Lipinski definition) is 1. The van der Waals surface area contributed by atoms with Gasteiger partial charge in [0.2, 0.25) is 0 Å². The molecule has 0 fully saturated rings. The van der Waals surface area contributed by atoms with E-state index in [1.54, 1.807) is 16.0 Å². The molecule has 0 aliphatic rings. The van der Waals surface area contributed by atoms with Crippen molar-refractivity contribution in [3.05, 3.63) is 52.8 Å². The summed E-state index contributed by atoms with van der Waals surface area (Å²) < 4.78 is 3.58. The van der Waals surface area contributed by atoms with E-state index >= 15 is 0 Å². The quantitative estimate of drug-likeness (QED) is 0.560. The molecule has 1 amide bonds. The van der Waals surface area contributed by atoms with E-state index in [1.165, 1.54) is 0 Å². The van der Waals surface area contributed by atoms with Gasteiger partial charge in [-0.05, 0) is 44.4 Å². The number of aryl methyl sites for hydroxylation is 3. The van der Waals surface area contributed by atoms with Crippen LogP contribution < -0.4 is 5.32 Å². The Bertz CT molecular complexity index is 1140. The van der Waals surface area contributed by atoms with Crippen LogP contribution in [0.5, 0.6) is 0 Å². The minimum atomic E-state index is -0.203. The van der Waals surface area contributed by atoms with Crippen molar-refractivity contribution in [3.8, 4) is 10.6 Å². The van der Waals surface area contributed by atoms with Crippen LogP contribution in [0.4, 0.5) is 0 Å². The lowest BCUT2D eigenvalue weighted by Gasteiger charge is -2.13. The molecule has 8 heteroatoms. The van der Waals surface area contributed by atoms with Crippen LogP contribution in [0.3, 0.4) is 0 Å². The summed E-state index contributed by atoms with van der Waals surface area (Å²) in [5.74, 6) is -0.153. The van der Waals surface area contributed by atoms with Crippen molar-refractivity contribution in [3.63, 3.8) is 0 Å². The summed E-state index contributed by atoms with van der Waals surface area (Å²) in [7, 11) is 1.85. The zero-order valence-corrected chi connectivity index (χ0v) is 17.1. The predicted octanol–water partition coefficient (Wildman–Crippen LogP) is 3.71. The summed E-state index contributed by atoms with van der Waals surface area (Å²) in [5, 5.41) is 14.8. The Morgan fingerprint density at radius 2 is 2.14 bits per heavy atom. The van der Waals surface area contributed by atoms with Crippen LogP contribution in [0.15, 0.2) is 35.8 Å². The molecule has 0 saturated carbocycles. The van der Waals surface area contributed by atoms with Gasteiger partial charge in [-0.25, -0.2) is 4.98 Å². The van der Waals surface area contributed by atoms with Crippen molar-refractivity contribution in [1.29, 1.82) is 0 Å². The van der Waals surface area contributed by atoms with Crippen molar-refractivity contribution >= 4 is 28.3 Å². The molecule has 0 aromatic carbocycles. The lowest BCUT2D eigenvalue weighted by molar-refractivity contribution is 0.0940. The number of thiophene rings is 1. The van der Waals surface area contributed by atoms with E-state index in [2.05, 4.69) is 15.5 Å². The molecule has 1 atom stereocenters. The molecule has 144 valence electrons. The van der Waals surface area contributed by atoms with E-state index in [0.29, 0.717) is 11.2 Å². The molecule has 0 bridgehead atoms. The summed E-state index contributed by atoms with van der Waals surface area (Å²) in [4.78, 5) is 19.0. The minimum Gasteiger partial charge on any atom is -0.344 e. The van der Waals surface area contributed by atoms with Crippen LogP contribution in [-0.2, 0) is 13.6 Å². The fraction of sp³-hybridized carbons (Fsp3) is 0.300. The van der Waals surface area contributed by atoms with Crippen molar-refractivity contribution in [1.82, 2.24) is 29.9 Å². The third kappa shape index (κ3) is 3.20. The van der Waals surface area contributed by atoms with E-state index in [-0.39, 0.29) is 11.9 Å². The maximum Gasteiger partial charge on any atom is 0.252 e. The second-order valence-corrected chi connectivity index (χ2v) is 7.68. The summed E-state index contributed by atoms with van der Waals surface area (Å²) >= 11 is 1.60. The molecule has 1 N–H and O–H groups in total. The zero-order chi connectivity index (χ0) is 19.8. The smallest absolute Gasteiger partial charge is 0.252 e. The van der Waals surface area contributed by atoms with Crippen LogP contribution in [-0.4, -0.2) is 30.5 Å². The molecular weight excluding hydrogens is 372 g/mol. The number of pyridine rings is 1. The second-order valence-electron chi connectivity index (χ2n) is 6.73. The van der Waals surface area contributed by atoms with Crippen LogP contribution in [0.25, 0.3) is 21.6 Å². The number of hydrogen-bond acceptors (Lipinski definition) is 5. The fourth-order valence-corrected chi connectivity index (χ4v) is 3.99. The molecule has 4 rings (SSSR count). The lowest BCUT2D eigenvalue weighted by Crippen LogP contribution is -2.27. The molecule has 0 aliphatic carbocycles.